The van der Waals surface area contributed by atoms with Crippen LogP contribution in [0, 0.1) is 0 Å². The highest BCUT2D eigenvalue weighted by molar-refractivity contribution is 5.27. The Morgan fingerprint density at radius 3 is 2.21 bits per heavy atom. The van der Waals surface area contributed by atoms with Gasteiger partial charge in [0.25, 0.3) is 0 Å². The third-order valence-corrected chi connectivity index (χ3v) is 6.24. The van der Waals surface area contributed by atoms with E-state index in [1.54, 1.807) is 6.07 Å². The minimum atomic E-state index is -4.35. The van der Waals surface area contributed by atoms with E-state index in [-0.39, 0.29) is 18.5 Å². The summed E-state index contributed by atoms with van der Waals surface area (Å²) in [6.07, 6.45) is 0.388. The Morgan fingerprint density at radius 1 is 0.929 bits per heavy atom. The van der Waals surface area contributed by atoms with Crippen LogP contribution in [0.25, 0.3) is 0 Å². The van der Waals surface area contributed by atoms with Crippen molar-refractivity contribution in [2.75, 3.05) is 0 Å². The summed E-state index contributed by atoms with van der Waals surface area (Å²) in [6, 6.07) is 16.3. The molecule has 0 saturated carbocycles. The highest BCUT2D eigenvalue weighted by Crippen LogP contribution is 2.42. The second kappa shape index (κ2) is 7.53. The summed E-state index contributed by atoms with van der Waals surface area (Å²) in [5.41, 5.74) is 0.248. The number of benzene rings is 2. The molecule has 2 nitrogen and oxygen atoms in total. The molecule has 28 heavy (non-hydrogen) atoms. The molecule has 2 aromatic carbocycles. The molecule has 2 heterocycles. The van der Waals surface area contributed by atoms with Crippen molar-refractivity contribution in [2.45, 2.75) is 68.9 Å². The molecular weight excluding hydrogens is 363 g/mol. The van der Waals surface area contributed by atoms with Gasteiger partial charge in [-0.25, -0.2) is 0 Å². The minimum absolute atomic E-state index is 0.281. The monoisotopic (exact) mass is 389 g/mol. The average Bonchev–Trinajstić information content (AvgIpc) is 2.63. The predicted octanol–water partition coefficient (Wildman–Crippen LogP) is 5.20. The summed E-state index contributed by atoms with van der Waals surface area (Å²) in [5, 5.41) is 11.3. The van der Waals surface area contributed by atoms with Crippen molar-refractivity contribution in [2.24, 2.45) is 0 Å². The van der Waals surface area contributed by atoms with E-state index in [9.17, 15) is 18.3 Å². The van der Waals surface area contributed by atoms with Gasteiger partial charge in [0.2, 0.25) is 0 Å². The largest absolute Gasteiger partial charge is 0.416 e. The first-order valence-electron chi connectivity index (χ1n) is 10.0. The summed E-state index contributed by atoms with van der Waals surface area (Å²) < 4.78 is 39.1. The first kappa shape index (κ1) is 19.5. The van der Waals surface area contributed by atoms with Crippen LogP contribution < -0.4 is 0 Å². The van der Waals surface area contributed by atoms with Crippen LogP contribution >= 0.6 is 0 Å². The topological polar surface area (TPSA) is 23.5 Å². The normalized spacial score (nSPS) is 28.3. The van der Waals surface area contributed by atoms with Crippen LogP contribution in [0.4, 0.5) is 13.2 Å². The van der Waals surface area contributed by atoms with Crippen molar-refractivity contribution in [3.63, 3.8) is 0 Å². The van der Waals surface area contributed by atoms with Crippen molar-refractivity contribution in [1.82, 2.24) is 4.90 Å². The standard InChI is InChI=1S/C23H26F3NO/c24-23(25,26)19-9-4-8-18(12-19)13-22(28)14-20-10-5-11-21(15-22)27(20)16-17-6-2-1-3-7-17/h1-4,6-9,12,20-21,28H,5,10-11,13-16H2. The lowest BCUT2D eigenvalue weighted by Gasteiger charge is -2.52. The molecule has 2 unspecified atom stereocenters. The molecule has 4 rings (SSSR count). The maximum Gasteiger partial charge on any atom is 0.416 e. The summed E-state index contributed by atoms with van der Waals surface area (Å²) in [7, 11) is 0. The lowest BCUT2D eigenvalue weighted by Crippen LogP contribution is -2.58. The first-order chi connectivity index (χ1) is 13.3. The van der Waals surface area contributed by atoms with Gasteiger partial charge in [-0.15, -0.1) is 0 Å². The summed E-state index contributed by atoms with van der Waals surface area (Å²) >= 11 is 0. The molecule has 150 valence electrons. The quantitative estimate of drug-likeness (QED) is 0.777. The van der Waals surface area contributed by atoms with Crippen molar-refractivity contribution >= 4 is 0 Å². The fourth-order valence-corrected chi connectivity index (χ4v) is 5.05. The molecule has 2 atom stereocenters. The molecule has 1 N–H and O–H groups in total. The number of piperidine rings is 2. The van der Waals surface area contributed by atoms with Gasteiger partial charge in [-0.2, -0.15) is 13.2 Å². The van der Waals surface area contributed by atoms with Crippen LogP contribution in [-0.4, -0.2) is 27.7 Å². The fraction of sp³-hybridized carbons (Fsp3) is 0.478. The maximum atomic E-state index is 13.0. The van der Waals surface area contributed by atoms with Crippen LogP contribution in [0.15, 0.2) is 54.6 Å². The third kappa shape index (κ3) is 4.26. The zero-order chi connectivity index (χ0) is 19.8. The van der Waals surface area contributed by atoms with Crippen LogP contribution in [0.2, 0.25) is 0 Å². The SMILES string of the molecule is OC1(Cc2cccc(C(F)(F)F)c2)CC2CCCC(C1)N2Cc1ccccc1. The summed E-state index contributed by atoms with van der Waals surface area (Å²) in [6.45, 7) is 0.871. The van der Waals surface area contributed by atoms with Crippen molar-refractivity contribution in [1.29, 1.82) is 0 Å². The molecule has 0 radical (unpaired) electrons. The number of alkyl halides is 3. The molecule has 0 aliphatic carbocycles. The molecule has 0 aromatic heterocycles. The molecule has 0 amide bonds. The zero-order valence-electron chi connectivity index (χ0n) is 15.8. The van der Waals surface area contributed by atoms with Crippen molar-refractivity contribution < 1.29 is 18.3 Å². The Hall–Kier alpha value is -1.85. The van der Waals surface area contributed by atoms with Crippen LogP contribution in [0.5, 0.6) is 0 Å². The van der Waals surface area contributed by atoms with E-state index in [1.165, 1.54) is 17.7 Å². The third-order valence-electron chi connectivity index (χ3n) is 6.24. The Labute approximate surface area is 164 Å². The Balaban J connectivity index is 1.50. The van der Waals surface area contributed by atoms with Gasteiger partial charge in [-0.3, -0.25) is 4.90 Å². The van der Waals surface area contributed by atoms with E-state index >= 15 is 0 Å². The van der Waals surface area contributed by atoms with Gasteiger partial charge in [-0.05, 0) is 42.9 Å². The zero-order valence-corrected chi connectivity index (χ0v) is 15.8. The Kier molecular flexibility index (Phi) is 5.23. The molecule has 2 saturated heterocycles. The van der Waals surface area contributed by atoms with Gasteiger partial charge in [0.15, 0.2) is 0 Å². The van der Waals surface area contributed by atoms with E-state index in [2.05, 4.69) is 17.0 Å². The molecule has 2 aliphatic heterocycles. The minimum Gasteiger partial charge on any atom is -0.389 e. The van der Waals surface area contributed by atoms with Gasteiger partial charge in [0, 0.05) is 25.0 Å². The van der Waals surface area contributed by atoms with Gasteiger partial charge in [0.05, 0.1) is 11.2 Å². The van der Waals surface area contributed by atoms with Crippen LogP contribution in [0.3, 0.4) is 0 Å². The molecule has 2 fully saturated rings. The predicted molar refractivity (Wildman–Crippen MR) is 103 cm³/mol. The molecule has 2 bridgehead atoms. The number of aliphatic hydroxyl groups is 1. The number of halogens is 3. The molecule has 2 aromatic rings. The van der Waals surface area contributed by atoms with E-state index in [0.29, 0.717) is 18.4 Å². The van der Waals surface area contributed by atoms with Crippen LogP contribution in [0.1, 0.15) is 48.8 Å². The average molecular weight is 389 g/mol. The lowest BCUT2D eigenvalue weighted by atomic mass is 9.73. The van der Waals surface area contributed by atoms with Crippen molar-refractivity contribution in [3.05, 3.63) is 71.3 Å². The molecule has 2 aliphatic rings. The Morgan fingerprint density at radius 2 is 1.57 bits per heavy atom. The number of rotatable bonds is 4. The van der Waals surface area contributed by atoms with Crippen LogP contribution in [-0.2, 0) is 19.1 Å². The van der Waals surface area contributed by atoms with E-state index in [0.717, 1.165) is 31.9 Å². The number of hydrogen-bond acceptors (Lipinski definition) is 2. The first-order valence-corrected chi connectivity index (χ1v) is 10.0. The smallest absolute Gasteiger partial charge is 0.389 e. The highest BCUT2D eigenvalue weighted by atomic mass is 19.4. The lowest BCUT2D eigenvalue weighted by molar-refractivity contribution is -0.137. The van der Waals surface area contributed by atoms with Gasteiger partial charge in [-0.1, -0.05) is 55.0 Å². The van der Waals surface area contributed by atoms with E-state index < -0.39 is 17.3 Å². The number of hydrogen-bond donors (Lipinski definition) is 1. The fourth-order valence-electron chi connectivity index (χ4n) is 5.05. The second-order valence-corrected chi connectivity index (χ2v) is 8.40. The summed E-state index contributed by atoms with van der Waals surface area (Å²) in [4.78, 5) is 2.50. The van der Waals surface area contributed by atoms with Gasteiger partial charge < -0.3 is 5.11 Å². The van der Waals surface area contributed by atoms with Crippen molar-refractivity contribution in [3.8, 4) is 0 Å². The number of nitrogens with zero attached hydrogens (tertiary/aromatic N) is 1. The van der Waals surface area contributed by atoms with E-state index in [4.69, 9.17) is 0 Å². The second-order valence-electron chi connectivity index (χ2n) is 8.40. The Bertz CT molecular complexity index is 791. The molecule has 5 heteroatoms. The highest BCUT2D eigenvalue weighted by Gasteiger charge is 2.45. The van der Waals surface area contributed by atoms with E-state index in [1.807, 2.05) is 18.2 Å². The molecule has 0 spiro atoms. The van der Waals surface area contributed by atoms with Gasteiger partial charge in [0.1, 0.15) is 0 Å². The molecular formula is C23H26F3NO. The maximum absolute atomic E-state index is 13.0. The van der Waals surface area contributed by atoms with Gasteiger partial charge >= 0.3 is 6.18 Å². The summed E-state index contributed by atoms with van der Waals surface area (Å²) in [5.74, 6) is 0. The number of fused-ring (bicyclic) bond motifs is 2.